The van der Waals surface area contributed by atoms with Crippen LogP contribution in [0.25, 0.3) is 10.8 Å². The molecular weight excluding hydrogens is 532 g/mol. The molecule has 163 valence electrons. The fraction of sp³-hybridized carbons (Fsp3) is 0.500. The molecule has 0 N–H and O–H groups in total. The van der Waals surface area contributed by atoms with Gasteiger partial charge in [0.2, 0.25) is 5.82 Å². The van der Waals surface area contributed by atoms with Gasteiger partial charge in [0.25, 0.3) is 0 Å². The van der Waals surface area contributed by atoms with Gasteiger partial charge in [-0.05, 0) is 29.9 Å². The van der Waals surface area contributed by atoms with Gasteiger partial charge in [-0.1, -0.05) is 32.3 Å². The van der Waals surface area contributed by atoms with E-state index in [1.807, 2.05) is 6.92 Å². The molecule has 0 heterocycles. The van der Waals surface area contributed by atoms with E-state index in [1.165, 1.54) is 6.07 Å². The summed E-state index contributed by atoms with van der Waals surface area (Å²) in [6.07, 6.45) is 2.25. The van der Waals surface area contributed by atoms with Crippen LogP contribution in [0.5, 0.6) is 11.5 Å². The summed E-state index contributed by atoms with van der Waals surface area (Å²) in [5, 5.41) is -0.908. The molecule has 30 heavy (non-hydrogen) atoms. The monoisotopic (exact) mass is 556 g/mol. The maximum atomic E-state index is 14.8. The van der Waals surface area contributed by atoms with Gasteiger partial charge in [0, 0.05) is 46.7 Å². The molecule has 0 aliphatic heterocycles. The standard InChI is InChI=1S/C22H24F5O2.Pr/c1-2-3-11-28-16-10-9-15-12-17(29-13-14-7-5-4-6-8-14)20(23)21(24)18(15)19(16)22(25,26)27;/h4,9-10,12,14H,2-3,5-8,11,13H2,1H3;/q-1;. The third kappa shape index (κ3) is 5.96. The number of ether oxygens (including phenoxy) is 2. The minimum absolute atomic E-state index is 0. The minimum Gasteiger partial charge on any atom is -0.493 e. The average Bonchev–Trinajstić information content (AvgIpc) is 2.69. The Hall–Kier alpha value is -0.686. The Kier molecular flexibility index (Phi) is 9.60. The normalized spacial score (nSPS) is 15.1. The van der Waals surface area contributed by atoms with Crippen LogP contribution in [0.3, 0.4) is 0 Å². The first kappa shape index (κ1) is 25.6. The molecule has 0 spiro atoms. The SMILES string of the molecule is CCCCOc1ccc2cc(OCC3CC[CH-]CC3)c(F)c(F)c2c1C(F)(F)F.[Pr]. The Balaban J connectivity index is 0.00000320. The fourth-order valence-corrected chi connectivity index (χ4v) is 3.58. The topological polar surface area (TPSA) is 18.5 Å². The van der Waals surface area contributed by atoms with Crippen LogP contribution in [0, 0.1) is 65.3 Å². The van der Waals surface area contributed by atoms with Crippen LogP contribution >= 0.6 is 0 Å². The molecule has 0 saturated heterocycles. The fourth-order valence-electron chi connectivity index (χ4n) is 3.58. The number of rotatable bonds is 7. The van der Waals surface area contributed by atoms with Crippen molar-refractivity contribution >= 4 is 10.8 Å². The average molecular weight is 556 g/mol. The molecule has 0 unspecified atom stereocenters. The summed E-state index contributed by atoms with van der Waals surface area (Å²) in [5.41, 5.74) is -1.29. The molecule has 0 aromatic heterocycles. The molecular formula is C22H24F5O2Pr-. The van der Waals surface area contributed by atoms with E-state index in [2.05, 4.69) is 6.42 Å². The maximum absolute atomic E-state index is 14.8. The van der Waals surface area contributed by atoms with Gasteiger partial charge in [-0.15, -0.1) is 0 Å². The van der Waals surface area contributed by atoms with E-state index in [4.69, 9.17) is 9.47 Å². The summed E-state index contributed by atoms with van der Waals surface area (Å²) in [7, 11) is 0. The van der Waals surface area contributed by atoms with Crippen LogP contribution in [-0.2, 0) is 6.18 Å². The Morgan fingerprint density at radius 2 is 1.73 bits per heavy atom. The number of halogens is 5. The quantitative estimate of drug-likeness (QED) is 0.206. The van der Waals surface area contributed by atoms with Crippen molar-refractivity contribution in [3.8, 4) is 11.5 Å². The second-order valence-electron chi connectivity index (χ2n) is 7.36. The van der Waals surface area contributed by atoms with Gasteiger partial charge >= 0.3 is 6.18 Å². The van der Waals surface area contributed by atoms with Gasteiger partial charge in [-0.25, -0.2) is 4.39 Å². The first-order chi connectivity index (χ1) is 13.8. The minimum atomic E-state index is -4.89. The van der Waals surface area contributed by atoms with E-state index in [1.54, 1.807) is 0 Å². The largest absolute Gasteiger partial charge is 0.493 e. The zero-order valence-electron chi connectivity index (χ0n) is 16.8. The number of hydrogen-bond donors (Lipinski definition) is 0. The van der Waals surface area contributed by atoms with E-state index in [9.17, 15) is 22.0 Å². The van der Waals surface area contributed by atoms with Crippen LogP contribution in [0.15, 0.2) is 18.2 Å². The zero-order valence-corrected chi connectivity index (χ0v) is 20.5. The van der Waals surface area contributed by atoms with Crippen molar-refractivity contribution in [3.05, 3.63) is 41.8 Å². The van der Waals surface area contributed by atoms with Gasteiger partial charge in [-0.2, -0.15) is 30.4 Å². The summed E-state index contributed by atoms with van der Waals surface area (Å²) >= 11 is 0. The Bertz CT molecular complexity index is 848. The molecule has 1 fully saturated rings. The van der Waals surface area contributed by atoms with Crippen molar-refractivity contribution in [1.29, 1.82) is 0 Å². The molecule has 2 nitrogen and oxygen atoms in total. The van der Waals surface area contributed by atoms with Gasteiger partial charge in [0.05, 0.1) is 13.2 Å². The molecule has 0 bridgehead atoms. The van der Waals surface area contributed by atoms with Gasteiger partial charge in [-0.3, -0.25) is 0 Å². The number of hydrogen-bond acceptors (Lipinski definition) is 2. The van der Waals surface area contributed by atoms with Crippen LogP contribution in [0.4, 0.5) is 22.0 Å². The first-order valence-electron chi connectivity index (χ1n) is 9.92. The van der Waals surface area contributed by atoms with E-state index in [-0.39, 0.29) is 71.6 Å². The number of benzene rings is 2. The molecule has 3 rings (SSSR count). The van der Waals surface area contributed by atoms with Crippen molar-refractivity contribution in [2.75, 3.05) is 13.2 Å². The predicted molar refractivity (Wildman–Crippen MR) is 101 cm³/mol. The Morgan fingerprint density at radius 3 is 2.37 bits per heavy atom. The summed E-state index contributed by atoms with van der Waals surface area (Å²) in [5.74, 6) is -3.61. The molecule has 1 aliphatic carbocycles. The molecule has 8 heteroatoms. The van der Waals surface area contributed by atoms with E-state index >= 15 is 0 Å². The van der Waals surface area contributed by atoms with Gasteiger partial charge in [0.1, 0.15) is 11.3 Å². The zero-order chi connectivity index (χ0) is 21.0. The van der Waals surface area contributed by atoms with E-state index < -0.39 is 34.5 Å². The summed E-state index contributed by atoms with van der Waals surface area (Å²) in [6.45, 7) is 2.14. The molecule has 0 atom stereocenters. The van der Waals surface area contributed by atoms with Crippen LogP contribution in [0.1, 0.15) is 51.0 Å². The molecule has 1 radical (unpaired) electrons. The van der Waals surface area contributed by atoms with Crippen molar-refractivity contribution < 1.29 is 72.7 Å². The van der Waals surface area contributed by atoms with Crippen LogP contribution in [-0.4, -0.2) is 13.2 Å². The third-order valence-corrected chi connectivity index (χ3v) is 5.19. The number of fused-ring (bicyclic) bond motifs is 1. The molecule has 2 aromatic carbocycles. The van der Waals surface area contributed by atoms with Crippen LogP contribution in [0.2, 0.25) is 0 Å². The number of unbranched alkanes of at least 4 members (excludes halogenated alkanes) is 1. The van der Waals surface area contributed by atoms with Crippen LogP contribution < -0.4 is 9.47 Å². The van der Waals surface area contributed by atoms with Crippen molar-refractivity contribution in [3.63, 3.8) is 0 Å². The smallest absolute Gasteiger partial charge is 0.420 e. The Labute approximate surface area is 206 Å². The predicted octanol–water partition coefficient (Wildman–Crippen LogP) is 7.09. The summed E-state index contributed by atoms with van der Waals surface area (Å²) in [4.78, 5) is 0. The second-order valence-corrected chi connectivity index (χ2v) is 7.36. The summed E-state index contributed by atoms with van der Waals surface area (Å²) in [6, 6.07) is 3.59. The van der Waals surface area contributed by atoms with Gasteiger partial charge < -0.3 is 15.9 Å². The number of alkyl halides is 3. The third-order valence-electron chi connectivity index (χ3n) is 5.19. The van der Waals surface area contributed by atoms with Gasteiger partial charge in [0.15, 0.2) is 11.6 Å². The molecule has 2 aromatic rings. The van der Waals surface area contributed by atoms with E-state index in [0.717, 1.165) is 44.2 Å². The van der Waals surface area contributed by atoms with E-state index in [0.29, 0.717) is 6.42 Å². The first-order valence-corrected chi connectivity index (χ1v) is 9.92. The van der Waals surface area contributed by atoms with Crippen molar-refractivity contribution in [1.82, 2.24) is 0 Å². The molecule has 0 amide bonds. The Morgan fingerprint density at radius 1 is 1.03 bits per heavy atom. The maximum Gasteiger partial charge on any atom is 0.420 e. The molecule has 1 saturated carbocycles. The second kappa shape index (κ2) is 11.3. The molecule has 1 aliphatic rings. The van der Waals surface area contributed by atoms with Crippen molar-refractivity contribution in [2.24, 2.45) is 5.92 Å². The summed E-state index contributed by atoms with van der Waals surface area (Å²) < 4.78 is 81.1. The van der Waals surface area contributed by atoms with Crippen molar-refractivity contribution in [2.45, 2.75) is 51.6 Å².